The van der Waals surface area contributed by atoms with Gasteiger partial charge in [0, 0.05) is 24.2 Å². The van der Waals surface area contributed by atoms with Crippen LogP contribution in [0.4, 0.5) is 0 Å². The lowest BCUT2D eigenvalue weighted by Gasteiger charge is -2.27. The Kier molecular flexibility index (Phi) is 5.12. The monoisotopic (exact) mass is 259 g/mol. The molecular weight excluding hydrogens is 234 g/mol. The molecule has 1 aromatic heterocycles. The smallest absolute Gasteiger partial charge is 0.141 e. The van der Waals surface area contributed by atoms with Gasteiger partial charge in [-0.1, -0.05) is 39.2 Å². The summed E-state index contributed by atoms with van der Waals surface area (Å²) in [5.74, 6) is 1.44. The normalized spacial score (nSPS) is 23.3. The minimum absolute atomic E-state index is 0.284. The van der Waals surface area contributed by atoms with Gasteiger partial charge in [0.15, 0.2) is 0 Å². The number of aryl methyl sites for hydroxylation is 1. The molecule has 0 N–H and O–H groups in total. The standard InChI is InChI=1S/C17H25NO/c1-3-13-6-5-7-15(10-13)17(19)11-16-9-8-14(4-2)12-18-16/h8-9,12-13,15H,3-7,10-11H2,1-2H3. The first-order chi connectivity index (χ1) is 9.22. The zero-order chi connectivity index (χ0) is 13.7. The summed E-state index contributed by atoms with van der Waals surface area (Å²) in [6, 6.07) is 4.10. The molecule has 1 aromatic rings. The molecule has 0 radical (unpaired) electrons. The van der Waals surface area contributed by atoms with Crippen molar-refractivity contribution in [2.45, 2.75) is 58.8 Å². The van der Waals surface area contributed by atoms with Crippen LogP contribution in [0.2, 0.25) is 0 Å². The van der Waals surface area contributed by atoms with Crippen molar-refractivity contribution >= 4 is 5.78 Å². The summed E-state index contributed by atoms with van der Waals surface area (Å²) in [5, 5.41) is 0. The Morgan fingerprint density at radius 2 is 2.16 bits per heavy atom. The Morgan fingerprint density at radius 1 is 1.32 bits per heavy atom. The zero-order valence-corrected chi connectivity index (χ0v) is 12.2. The van der Waals surface area contributed by atoms with Crippen molar-refractivity contribution in [3.8, 4) is 0 Å². The van der Waals surface area contributed by atoms with Crippen LogP contribution in [-0.2, 0) is 17.6 Å². The molecule has 104 valence electrons. The van der Waals surface area contributed by atoms with E-state index in [2.05, 4.69) is 24.9 Å². The molecule has 2 heteroatoms. The van der Waals surface area contributed by atoms with Gasteiger partial charge in [-0.15, -0.1) is 0 Å². The molecule has 0 amide bonds. The SMILES string of the molecule is CCc1ccc(CC(=O)C2CCCC(CC)C2)nc1. The van der Waals surface area contributed by atoms with Gasteiger partial charge in [-0.05, 0) is 36.8 Å². The highest BCUT2D eigenvalue weighted by Crippen LogP contribution is 2.31. The van der Waals surface area contributed by atoms with E-state index in [1.54, 1.807) is 0 Å². The van der Waals surface area contributed by atoms with Gasteiger partial charge in [-0.2, -0.15) is 0 Å². The first-order valence-electron chi connectivity index (χ1n) is 7.69. The van der Waals surface area contributed by atoms with E-state index in [0.717, 1.165) is 30.9 Å². The molecule has 0 aromatic carbocycles. The Morgan fingerprint density at radius 3 is 2.79 bits per heavy atom. The van der Waals surface area contributed by atoms with Crippen LogP contribution in [0.25, 0.3) is 0 Å². The van der Waals surface area contributed by atoms with Crippen LogP contribution < -0.4 is 0 Å². The highest BCUT2D eigenvalue weighted by molar-refractivity contribution is 5.83. The van der Waals surface area contributed by atoms with Gasteiger partial charge in [0.05, 0.1) is 0 Å². The third-order valence-electron chi connectivity index (χ3n) is 4.47. The Labute approximate surface area is 116 Å². The summed E-state index contributed by atoms with van der Waals surface area (Å²) in [6.45, 7) is 4.36. The highest BCUT2D eigenvalue weighted by Gasteiger charge is 2.26. The van der Waals surface area contributed by atoms with E-state index < -0.39 is 0 Å². The predicted molar refractivity (Wildman–Crippen MR) is 78.1 cm³/mol. The molecule has 0 aliphatic heterocycles. The quantitative estimate of drug-likeness (QED) is 0.800. The van der Waals surface area contributed by atoms with Crippen molar-refractivity contribution < 1.29 is 4.79 Å². The van der Waals surface area contributed by atoms with E-state index in [-0.39, 0.29) is 5.92 Å². The van der Waals surface area contributed by atoms with E-state index in [1.807, 2.05) is 12.3 Å². The van der Waals surface area contributed by atoms with E-state index in [9.17, 15) is 4.79 Å². The third-order valence-corrected chi connectivity index (χ3v) is 4.47. The van der Waals surface area contributed by atoms with Gasteiger partial charge in [0.2, 0.25) is 0 Å². The molecule has 2 unspecified atom stereocenters. The maximum atomic E-state index is 12.3. The fraction of sp³-hybridized carbons (Fsp3) is 0.647. The fourth-order valence-electron chi connectivity index (χ4n) is 3.05. The highest BCUT2D eigenvalue weighted by atomic mass is 16.1. The summed E-state index contributed by atoms with van der Waals surface area (Å²) < 4.78 is 0. The van der Waals surface area contributed by atoms with Crippen molar-refractivity contribution in [2.75, 3.05) is 0 Å². The summed E-state index contributed by atoms with van der Waals surface area (Å²) in [7, 11) is 0. The molecule has 1 aliphatic rings. The number of ketones is 1. The van der Waals surface area contributed by atoms with Crippen LogP contribution in [0.5, 0.6) is 0 Å². The van der Waals surface area contributed by atoms with Gasteiger partial charge in [0.1, 0.15) is 5.78 Å². The maximum absolute atomic E-state index is 12.3. The molecule has 1 heterocycles. The number of aromatic nitrogens is 1. The van der Waals surface area contributed by atoms with Crippen LogP contribution in [0.1, 0.15) is 57.2 Å². The lowest BCUT2D eigenvalue weighted by Crippen LogP contribution is -2.24. The van der Waals surface area contributed by atoms with Gasteiger partial charge < -0.3 is 0 Å². The van der Waals surface area contributed by atoms with Crippen LogP contribution in [0.15, 0.2) is 18.3 Å². The average Bonchev–Trinajstić information content (AvgIpc) is 2.48. The number of hydrogen-bond acceptors (Lipinski definition) is 2. The van der Waals surface area contributed by atoms with Gasteiger partial charge in [-0.25, -0.2) is 0 Å². The van der Waals surface area contributed by atoms with E-state index >= 15 is 0 Å². The zero-order valence-electron chi connectivity index (χ0n) is 12.2. The van der Waals surface area contributed by atoms with Crippen molar-refractivity contribution in [3.05, 3.63) is 29.6 Å². The average molecular weight is 259 g/mol. The van der Waals surface area contributed by atoms with Gasteiger partial charge >= 0.3 is 0 Å². The van der Waals surface area contributed by atoms with Gasteiger partial charge in [-0.3, -0.25) is 9.78 Å². The topological polar surface area (TPSA) is 30.0 Å². The first-order valence-corrected chi connectivity index (χ1v) is 7.69. The van der Waals surface area contributed by atoms with Crippen molar-refractivity contribution in [2.24, 2.45) is 11.8 Å². The third kappa shape index (κ3) is 3.89. The number of hydrogen-bond donors (Lipinski definition) is 0. The lowest BCUT2D eigenvalue weighted by atomic mass is 9.77. The van der Waals surface area contributed by atoms with Crippen LogP contribution in [0, 0.1) is 11.8 Å². The molecule has 2 rings (SSSR count). The second-order valence-corrected chi connectivity index (χ2v) is 5.79. The van der Waals surface area contributed by atoms with Crippen molar-refractivity contribution in [1.82, 2.24) is 4.98 Å². The minimum atomic E-state index is 0.284. The number of carbonyl (C=O) groups excluding carboxylic acids is 1. The number of rotatable bonds is 5. The maximum Gasteiger partial charge on any atom is 0.141 e. The largest absolute Gasteiger partial charge is 0.299 e. The molecule has 0 spiro atoms. The van der Waals surface area contributed by atoms with Crippen LogP contribution in [-0.4, -0.2) is 10.8 Å². The molecule has 19 heavy (non-hydrogen) atoms. The minimum Gasteiger partial charge on any atom is -0.299 e. The summed E-state index contributed by atoms with van der Waals surface area (Å²) in [4.78, 5) is 16.7. The Bertz CT molecular complexity index is 410. The summed E-state index contributed by atoms with van der Waals surface area (Å²) >= 11 is 0. The molecule has 1 fully saturated rings. The molecule has 0 bridgehead atoms. The van der Waals surface area contributed by atoms with Crippen molar-refractivity contribution in [3.63, 3.8) is 0 Å². The fourth-order valence-corrected chi connectivity index (χ4v) is 3.05. The van der Waals surface area contributed by atoms with E-state index in [1.165, 1.54) is 24.8 Å². The molecule has 2 atom stereocenters. The second kappa shape index (κ2) is 6.83. The van der Waals surface area contributed by atoms with Gasteiger partial charge in [0.25, 0.3) is 0 Å². The summed E-state index contributed by atoms with van der Waals surface area (Å²) in [6.07, 6.45) is 9.35. The molecular formula is C17H25NO. The Balaban J connectivity index is 1.92. The van der Waals surface area contributed by atoms with Crippen LogP contribution in [0.3, 0.4) is 0 Å². The number of pyridine rings is 1. The summed E-state index contributed by atoms with van der Waals surface area (Å²) in [5.41, 5.74) is 2.17. The van der Waals surface area contributed by atoms with E-state index in [4.69, 9.17) is 0 Å². The molecule has 1 saturated carbocycles. The van der Waals surface area contributed by atoms with Crippen molar-refractivity contribution in [1.29, 1.82) is 0 Å². The number of Topliss-reactive ketones (excluding diaryl/α,β-unsaturated/α-hetero) is 1. The van der Waals surface area contributed by atoms with E-state index in [0.29, 0.717) is 12.2 Å². The second-order valence-electron chi connectivity index (χ2n) is 5.79. The predicted octanol–water partition coefficient (Wildman–Crippen LogP) is 3.97. The number of carbonyl (C=O) groups is 1. The molecule has 0 saturated heterocycles. The molecule has 1 aliphatic carbocycles. The first kappa shape index (κ1) is 14.2. The van der Waals surface area contributed by atoms with Crippen LogP contribution >= 0.6 is 0 Å². The lowest BCUT2D eigenvalue weighted by molar-refractivity contribution is -0.123. The molecule has 2 nitrogen and oxygen atoms in total. The number of nitrogens with zero attached hydrogens (tertiary/aromatic N) is 1. The Hall–Kier alpha value is -1.18.